The lowest BCUT2D eigenvalue weighted by molar-refractivity contribution is -0.205. The number of halogens is 3. The number of likely N-dealkylation sites (tertiary alicyclic amines) is 1. The molecule has 1 saturated heterocycles. The summed E-state index contributed by atoms with van der Waals surface area (Å²) in [5.41, 5.74) is 2.87. The number of hydrogen-bond acceptors (Lipinski definition) is 4. The number of alkyl halides is 3. The molecule has 0 unspecified atom stereocenters. The van der Waals surface area contributed by atoms with Crippen molar-refractivity contribution in [3.8, 4) is 5.75 Å². The first kappa shape index (κ1) is 23.4. The molecule has 32 heavy (non-hydrogen) atoms. The third-order valence-electron chi connectivity index (χ3n) is 7.41. The van der Waals surface area contributed by atoms with Crippen molar-refractivity contribution >= 4 is 5.91 Å². The van der Waals surface area contributed by atoms with Crippen LogP contribution in [0.25, 0.3) is 0 Å². The maximum Gasteiger partial charge on any atom is 0.423 e. The van der Waals surface area contributed by atoms with Crippen molar-refractivity contribution in [1.82, 2.24) is 10.2 Å². The lowest BCUT2D eigenvalue weighted by Crippen LogP contribution is -2.48. The molecule has 0 radical (unpaired) electrons. The Bertz CT molecular complexity index is 785. The van der Waals surface area contributed by atoms with Gasteiger partial charge in [-0.25, -0.2) is 0 Å². The highest BCUT2D eigenvalue weighted by Gasteiger charge is 2.44. The van der Waals surface area contributed by atoms with Crippen LogP contribution in [0.1, 0.15) is 62.0 Å². The summed E-state index contributed by atoms with van der Waals surface area (Å²) in [5, 5.41) is 11.4. The van der Waals surface area contributed by atoms with E-state index < -0.39 is 18.2 Å². The normalized spacial score (nSPS) is 25.8. The van der Waals surface area contributed by atoms with Gasteiger partial charge in [-0.3, -0.25) is 4.79 Å². The molecule has 0 aromatic heterocycles. The van der Waals surface area contributed by atoms with Crippen molar-refractivity contribution in [2.24, 2.45) is 5.92 Å². The van der Waals surface area contributed by atoms with E-state index in [1.807, 2.05) is 0 Å². The molecule has 1 amide bonds. The number of carbonyl (C=O) groups is 1. The average molecular weight is 455 g/mol. The Morgan fingerprint density at radius 1 is 1.16 bits per heavy atom. The highest BCUT2D eigenvalue weighted by molar-refractivity contribution is 5.81. The molecule has 2 heterocycles. The minimum atomic E-state index is -4.91. The van der Waals surface area contributed by atoms with Crippen LogP contribution in [0, 0.1) is 5.92 Å². The number of nitrogens with zero attached hydrogens (tertiary/aromatic N) is 1. The molecule has 4 rings (SSSR count). The quantitative estimate of drug-likeness (QED) is 0.687. The van der Waals surface area contributed by atoms with Crippen molar-refractivity contribution < 1.29 is 27.8 Å². The van der Waals surface area contributed by atoms with Crippen molar-refractivity contribution in [2.75, 3.05) is 26.2 Å². The third kappa shape index (κ3) is 5.57. The second kappa shape index (κ2) is 10.00. The predicted molar refractivity (Wildman–Crippen MR) is 115 cm³/mol. The summed E-state index contributed by atoms with van der Waals surface area (Å²) in [6.45, 7) is 4.03. The number of fused-ring (bicyclic) bond motifs is 1. The molecular formula is C24H33F3N2O3. The van der Waals surface area contributed by atoms with Crippen LogP contribution in [0.5, 0.6) is 5.75 Å². The Hall–Kier alpha value is -1.80. The second-order valence-electron chi connectivity index (χ2n) is 9.50. The first-order valence-electron chi connectivity index (χ1n) is 11.8. The van der Waals surface area contributed by atoms with Crippen LogP contribution in [0.3, 0.4) is 0 Å². The van der Waals surface area contributed by atoms with E-state index in [0.717, 1.165) is 70.5 Å². The lowest BCUT2D eigenvalue weighted by atomic mass is 9.83. The summed E-state index contributed by atoms with van der Waals surface area (Å²) < 4.78 is 43.1. The van der Waals surface area contributed by atoms with Gasteiger partial charge in [0.05, 0.1) is 6.61 Å². The van der Waals surface area contributed by atoms with E-state index in [0.29, 0.717) is 24.7 Å². The molecule has 8 heteroatoms. The largest absolute Gasteiger partial charge is 0.493 e. The van der Waals surface area contributed by atoms with Gasteiger partial charge in [0.1, 0.15) is 5.75 Å². The van der Waals surface area contributed by atoms with Gasteiger partial charge < -0.3 is 20.1 Å². The third-order valence-corrected chi connectivity index (χ3v) is 7.41. The van der Waals surface area contributed by atoms with E-state index in [4.69, 9.17) is 9.84 Å². The molecule has 2 aliphatic heterocycles. The smallest absolute Gasteiger partial charge is 0.423 e. The Kier molecular flexibility index (Phi) is 7.30. The molecule has 0 bridgehead atoms. The molecule has 5 nitrogen and oxygen atoms in total. The number of rotatable bonds is 6. The minimum absolute atomic E-state index is 0.275. The Morgan fingerprint density at radius 2 is 1.88 bits per heavy atom. The molecule has 1 atom stereocenters. The zero-order valence-electron chi connectivity index (χ0n) is 18.4. The molecule has 178 valence electrons. The van der Waals surface area contributed by atoms with Crippen LogP contribution in [0.2, 0.25) is 0 Å². The van der Waals surface area contributed by atoms with Gasteiger partial charge in [-0.1, -0.05) is 12.1 Å². The number of carbonyl (C=O) groups excluding carboxylic acids is 1. The van der Waals surface area contributed by atoms with Gasteiger partial charge in [0.25, 0.3) is 5.91 Å². The van der Waals surface area contributed by atoms with Crippen molar-refractivity contribution in [1.29, 1.82) is 0 Å². The zero-order valence-corrected chi connectivity index (χ0v) is 18.4. The summed E-state index contributed by atoms with van der Waals surface area (Å²) in [7, 11) is 0. The number of amides is 1. The fourth-order valence-corrected chi connectivity index (χ4v) is 5.49. The Balaban J connectivity index is 1.15. The molecule has 3 aliphatic rings. The number of ether oxygens (including phenoxy) is 1. The molecule has 1 saturated carbocycles. The highest BCUT2D eigenvalue weighted by atomic mass is 19.4. The topological polar surface area (TPSA) is 61.8 Å². The highest BCUT2D eigenvalue weighted by Crippen LogP contribution is 2.37. The van der Waals surface area contributed by atoms with Crippen molar-refractivity contribution in [3.63, 3.8) is 0 Å². The SMILES string of the molecule is O=C(NC1CCC(CCN2CCC(c3cccc4c3CCO4)CC2)CC1)[C@H](O)C(F)(F)F. The summed E-state index contributed by atoms with van der Waals surface area (Å²) in [6, 6.07) is 6.16. The van der Waals surface area contributed by atoms with Crippen LogP contribution in [0.4, 0.5) is 13.2 Å². The van der Waals surface area contributed by atoms with Gasteiger partial charge in [0.15, 0.2) is 0 Å². The second-order valence-corrected chi connectivity index (χ2v) is 9.50. The molecule has 1 aromatic carbocycles. The molecule has 1 aliphatic carbocycles. The zero-order chi connectivity index (χ0) is 22.7. The van der Waals surface area contributed by atoms with Gasteiger partial charge >= 0.3 is 6.18 Å². The predicted octanol–water partition coefficient (Wildman–Crippen LogP) is 3.79. The average Bonchev–Trinajstić information content (AvgIpc) is 3.27. The first-order valence-corrected chi connectivity index (χ1v) is 11.8. The summed E-state index contributed by atoms with van der Waals surface area (Å²) >= 11 is 0. The molecule has 2 fully saturated rings. The van der Waals surface area contributed by atoms with Crippen LogP contribution in [-0.4, -0.2) is 60.5 Å². The summed E-state index contributed by atoms with van der Waals surface area (Å²) in [6.07, 6.45) is -0.271. The van der Waals surface area contributed by atoms with Gasteiger partial charge in [0, 0.05) is 18.0 Å². The number of hydrogen-bond donors (Lipinski definition) is 2. The van der Waals surface area contributed by atoms with Crippen LogP contribution < -0.4 is 10.1 Å². The molecule has 0 spiro atoms. The molecular weight excluding hydrogens is 421 g/mol. The van der Waals surface area contributed by atoms with E-state index in [-0.39, 0.29) is 6.04 Å². The minimum Gasteiger partial charge on any atom is -0.493 e. The van der Waals surface area contributed by atoms with E-state index in [9.17, 15) is 18.0 Å². The van der Waals surface area contributed by atoms with E-state index >= 15 is 0 Å². The van der Waals surface area contributed by atoms with Crippen molar-refractivity contribution in [2.45, 2.75) is 75.6 Å². The lowest BCUT2D eigenvalue weighted by Gasteiger charge is -2.35. The van der Waals surface area contributed by atoms with Gasteiger partial charge in [-0.15, -0.1) is 0 Å². The van der Waals surface area contributed by atoms with E-state index in [1.165, 1.54) is 11.1 Å². The standard InChI is InChI=1S/C24H33F3N2O3/c25-24(26,27)22(30)23(31)28-18-6-4-16(5-7-18)8-12-29-13-9-17(10-14-29)19-2-1-3-21-20(19)11-15-32-21/h1-3,16-18,22,30H,4-15H2,(H,28,31)/t16?,18?,22-/m0/s1. The monoisotopic (exact) mass is 454 g/mol. The number of piperidine rings is 1. The summed E-state index contributed by atoms with van der Waals surface area (Å²) in [4.78, 5) is 14.1. The van der Waals surface area contributed by atoms with Gasteiger partial charge in [-0.05, 0) is 88.0 Å². The fourth-order valence-electron chi connectivity index (χ4n) is 5.49. The van der Waals surface area contributed by atoms with E-state index in [2.05, 4.69) is 28.4 Å². The van der Waals surface area contributed by atoms with Gasteiger partial charge in [0.2, 0.25) is 6.10 Å². The summed E-state index contributed by atoms with van der Waals surface area (Å²) in [5.74, 6) is 0.876. The molecule has 1 aromatic rings. The van der Waals surface area contributed by atoms with Gasteiger partial charge in [-0.2, -0.15) is 13.2 Å². The fraction of sp³-hybridized carbons (Fsp3) is 0.708. The van der Waals surface area contributed by atoms with Crippen LogP contribution in [0.15, 0.2) is 18.2 Å². The first-order chi connectivity index (χ1) is 15.3. The maximum atomic E-state index is 12.5. The number of benzene rings is 1. The number of aliphatic hydroxyl groups is 1. The maximum absolute atomic E-state index is 12.5. The number of nitrogens with one attached hydrogen (secondary N) is 1. The Labute approximate surface area is 187 Å². The molecule has 2 N–H and O–H groups in total. The van der Waals surface area contributed by atoms with Crippen LogP contribution >= 0.6 is 0 Å². The number of aliphatic hydroxyl groups excluding tert-OH is 1. The van der Waals surface area contributed by atoms with Crippen molar-refractivity contribution in [3.05, 3.63) is 29.3 Å². The van der Waals surface area contributed by atoms with Crippen LogP contribution in [-0.2, 0) is 11.2 Å². The van der Waals surface area contributed by atoms with E-state index in [1.54, 1.807) is 0 Å². The Morgan fingerprint density at radius 3 is 2.56 bits per heavy atom.